The van der Waals surface area contributed by atoms with Gasteiger partial charge in [0, 0.05) is 17.6 Å². The van der Waals surface area contributed by atoms with Gasteiger partial charge in [0.15, 0.2) is 0 Å². The first kappa shape index (κ1) is 21.6. The van der Waals surface area contributed by atoms with E-state index in [9.17, 15) is 14.7 Å². The fraction of sp³-hybridized carbons (Fsp3) is 0.333. The molecule has 0 aliphatic carbocycles. The van der Waals surface area contributed by atoms with Crippen LogP contribution in [0.3, 0.4) is 0 Å². The van der Waals surface area contributed by atoms with E-state index in [4.69, 9.17) is 16.3 Å². The van der Waals surface area contributed by atoms with Crippen LogP contribution in [0.4, 0.5) is 10.5 Å². The van der Waals surface area contributed by atoms with E-state index in [1.165, 1.54) is 11.0 Å². The third kappa shape index (κ3) is 5.63. The van der Waals surface area contributed by atoms with Gasteiger partial charge in [0.25, 0.3) is 0 Å². The van der Waals surface area contributed by atoms with Crippen molar-refractivity contribution < 1.29 is 19.4 Å². The number of rotatable bonds is 6. The number of carboxylic acids is 1. The lowest BCUT2D eigenvalue weighted by Crippen LogP contribution is -2.35. The number of nitrogens with zero attached hydrogens (tertiary/aromatic N) is 1. The number of aromatic carboxylic acids is 1. The average molecular weight is 405 g/mol. The molecule has 0 fully saturated rings. The Hall–Kier alpha value is -2.73. The van der Waals surface area contributed by atoms with Crippen molar-refractivity contribution >= 4 is 29.3 Å². The number of anilines is 1. The van der Waals surface area contributed by atoms with Crippen LogP contribution in [0.1, 0.15) is 36.7 Å². The molecule has 0 aliphatic heterocycles. The summed E-state index contributed by atoms with van der Waals surface area (Å²) in [5, 5.41) is 12.5. The van der Waals surface area contributed by atoms with Crippen LogP contribution >= 0.6 is 11.6 Å². The zero-order chi connectivity index (χ0) is 20.9. The van der Waals surface area contributed by atoms with Crippen molar-refractivity contribution in [2.75, 3.05) is 25.5 Å². The van der Waals surface area contributed by atoms with Gasteiger partial charge in [-0.3, -0.25) is 0 Å². The topological polar surface area (TPSA) is 78.9 Å². The van der Waals surface area contributed by atoms with Crippen molar-refractivity contribution in [3.8, 4) is 5.75 Å². The Balaban J connectivity index is 1.97. The quantitative estimate of drug-likeness (QED) is 0.719. The largest absolute Gasteiger partial charge is 0.491 e. The van der Waals surface area contributed by atoms with Crippen LogP contribution in [0.2, 0.25) is 5.02 Å². The van der Waals surface area contributed by atoms with E-state index in [-0.39, 0.29) is 23.3 Å². The normalized spacial score (nSPS) is 11.0. The van der Waals surface area contributed by atoms with E-state index in [1.807, 2.05) is 12.1 Å². The van der Waals surface area contributed by atoms with E-state index < -0.39 is 12.0 Å². The Morgan fingerprint density at radius 2 is 1.86 bits per heavy atom. The number of hydrogen-bond acceptors (Lipinski definition) is 3. The van der Waals surface area contributed by atoms with Crippen molar-refractivity contribution in [3.63, 3.8) is 0 Å². The minimum absolute atomic E-state index is 0.0384. The Bertz CT molecular complexity index is 862. The molecule has 6 nitrogen and oxygen atoms in total. The number of para-hydroxylation sites is 1. The smallest absolute Gasteiger partial charge is 0.337 e. The number of carbonyl (C=O) groups excluding carboxylic acids is 1. The molecule has 2 aromatic carbocycles. The highest BCUT2D eigenvalue weighted by atomic mass is 35.5. The number of urea groups is 1. The highest BCUT2D eigenvalue weighted by Crippen LogP contribution is 2.33. The number of benzene rings is 2. The molecule has 7 heteroatoms. The number of likely N-dealkylation sites (N-methyl/N-ethyl adjacent to an activating group) is 1. The first-order valence-corrected chi connectivity index (χ1v) is 9.24. The molecule has 2 aromatic rings. The molecule has 0 spiro atoms. The van der Waals surface area contributed by atoms with E-state index in [1.54, 1.807) is 31.3 Å². The highest BCUT2D eigenvalue weighted by molar-refractivity contribution is 6.30. The first-order chi connectivity index (χ1) is 13.1. The SMILES string of the molecule is CN(CCOc1ccc(Cl)cc1C(C)(C)C)C(=O)Nc1ccccc1C(=O)O. The van der Waals surface area contributed by atoms with E-state index in [2.05, 4.69) is 26.1 Å². The van der Waals surface area contributed by atoms with E-state index in [0.29, 0.717) is 11.6 Å². The maximum atomic E-state index is 12.3. The van der Waals surface area contributed by atoms with Crippen molar-refractivity contribution in [2.24, 2.45) is 0 Å². The van der Waals surface area contributed by atoms with Gasteiger partial charge in [-0.1, -0.05) is 44.5 Å². The lowest BCUT2D eigenvalue weighted by atomic mass is 9.86. The van der Waals surface area contributed by atoms with Gasteiger partial charge >= 0.3 is 12.0 Å². The molecule has 0 bridgehead atoms. The number of nitrogens with one attached hydrogen (secondary N) is 1. The summed E-state index contributed by atoms with van der Waals surface area (Å²) in [5.74, 6) is -0.374. The van der Waals surface area contributed by atoms with Gasteiger partial charge in [-0.15, -0.1) is 0 Å². The van der Waals surface area contributed by atoms with E-state index >= 15 is 0 Å². The summed E-state index contributed by atoms with van der Waals surface area (Å²) in [6.07, 6.45) is 0. The van der Waals surface area contributed by atoms with Crippen LogP contribution in [0.5, 0.6) is 5.75 Å². The molecular formula is C21H25ClN2O4. The van der Waals surface area contributed by atoms with E-state index in [0.717, 1.165) is 11.3 Å². The highest BCUT2D eigenvalue weighted by Gasteiger charge is 2.20. The second kappa shape index (κ2) is 8.97. The third-order valence-electron chi connectivity index (χ3n) is 4.18. The standard InChI is InChI=1S/C21H25ClN2O4/c1-21(2,3)16-13-14(22)9-10-18(16)28-12-11-24(4)20(27)23-17-8-6-5-7-15(17)19(25)26/h5-10,13H,11-12H2,1-4H3,(H,23,27)(H,25,26). The summed E-state index contributed by atoms with van der Waals surface area (Å²) in [6, 6.07) is 11.3. The van der Waals surface area contributed by atoms with Gasteiger partial charge in [-0.05, 0) is 35.7 Å². The predicted octanol–water partition coefficient (Wildman–Crippen LogP) is 4.88. The summed E-state index contributed by atoms with van der Waals surface area (Å²) in [6.45, 7) is 6.84. The Morgan fingerprint density at radius 3 is 2.50 bits per heavy atom. The second-order valence-corrected chi connectivity index (χ2v) is 7.88. The fourth-order valence-electron chi connectivity index (χ4n) is 2.60. The van der Waals surface area contributed by atoms with Crippen molar-refractivity contribution in [1.29, 1.82) is 0 Å². The van der Waals surface area contributed by atoms with Gasteiger partial charge in [0.2, 0.25) is 0 Å². The number of carbonyl (C=O) groups is 2. The molecule has 0 aliphatic rings. The molecule has 150 valence electrons. The predicted molar refractivity (Wildman–Crippen MR) is 111 cm³/mol. The minimum Gasteiger partial charge on any atom is -0.491 e. The Morgan fingerprint density at radius 1 is 1.18 bits per heavy atom. The second-order valence-electron chi connectivity index (χ2n) is 7.44. The van der Waals surface area contributed by atoms with Gasteiger partial charge in [-0.2, -0.15) is 0 Å². The number of hydrogen-bond donors (Lipinski definition) is 2. The zero-order valence-corrected chi connectivity index (χ0v) is 17.2. The van der Waals surface area contributed by atoms with Crippen molar-refractivity contribution in [3.05, 3.63) is 58.6 Å². The summed E-state index contributed by atoms with van der Waals surface area (Å²) >= 11 is 6.10. The molecule has 0 saturated carbocycles. The maximum Gasteiger partial charge on any atom is 0.337 e. The molecule has 2 rings (SSSR count). The van der Waals surface area contributed by atoms with Crippen LogP contribution in [0.25, 0.3) is 0 Å². The monoisotopic (exact) mass is 404 g/mol. The van der Waals surface area contributed by atoms with Gasteiger partial charge in [0.05, 0.1) is 17.8 Å². The van der Waals surface area contributed by atoms with Crippen molar-refractivity contribution in [2.45, 2.75) is 26.2 Å². The molecule has 28 heavy (non-hydrogen) atoms. The number of ether oxygens (including phenoxy) is 1. The number of carboxylic acid groups (broad SMARTS) is 1. The maximum absolute atomic E-state index is 12.3. The molecule has 0 aromatic heterocycles. The number of halogens is 1. The molecule has 2 N–H and O–H groups in total. The molecule has 0 radical (unpaired) electrons. The molecule has 0 atom stereocenters. The fourth-order valence-corrected chi connectivity index (χ4v) is 2.77. The average Bonchev–Trinajstić information content (AvgIpc) is 2.62. The Kier molecular flexibility index (Phi) is 6.91. The molecule has 2 amide bonds. The van der Waals surface area contributed by atoms with Crippen LogP contribution in [-0.2, 0) is 5.41 Å². The minimum atomic E-state index is -1.10. The van der Waals surface area contributed by atoms with Gasteiger partial charge in [-0.25, -0.2) is 9.59 Å². The van der Waals surface area contributed by atoms with Crippen LogP contribution in [0, 0.1) is 0 Å². The third-order valence-corrected chi connectivity index (χ3v) is 4.41. The summed E-state index contributed by atoms with van der Waals surface area (Å²) in [5.41, 5.74) is 1.14. The van der Waals surface area contributed by atoms with Crippen LogP contribution in [0.15, 0.2) is 42.5 Å². The number of amides is 2. The lowest BCUT2D eigenvalue weighted by Gasteiger charge is -2.24. The molecule has 0 unspecified atom stereocenters. The summed E-state index contributed by atoms with van der Waals surface area (Å²) in [7, 11) is 1.62. The Labute approximate surface area is 170 Å². The van der Waals surface area contributed by atoms with Crippen molar-refractivity contribution in [1.82, 2.24) is 4.90 Å². The van der Waals surface area contributed by atoms with Gasteiger partial charge in [0.1, 0.15) is 12.4 Å². The molecule has 0 saturated heterocycles. The summed E-state index contributed by atoms with van der Waals surface area (Å²) < 4.78 is 5.88. The molecule has 0 heterocycles. The van der Waals surface area contributed by atoms with Gasteiger partial charge < -0.3 is 20.1 Å². The zero-order valence-electron chi connectivity index (χ0n) is 16.5. The molecular weight excluding hydrogens is 380 g/mol. The van der Waals surface area contributed by atoms with Crippen LogP contribution < -0.4 is 10.1 Å². The van der Waals surface area contributed by atoms with Crippen LogP contribution in [-0.4, -0.2) is 42.2 Å². The first-order valence-electron chi connectivity index (χ1n) is 8.87. The lowest BCUT2D eigenvalue weighted by molar-refractivity contribution is 0.0698. The summed E-state index contributed by atoms with van der Waals surface area (Å²) in [4.78, 5) is 25.0.